The van der Waals surface area contributed by atoms with Gasteiger partial charge in [-0.2, -0.15) is 0 Å². The first-order valence-electron chi connectivity index (χ1n) is 5.24. The first-order chi connectivity index (χ1) is 5.57. The van der Waals surface area contributed by atoms with Crippen LogP contribution in [0.2, 0.25) is 0 Å². The minimum atomic E-state index is 0.646. The number of rotatable bonds is 1. The third-order valence-corrected chi connectivity index (χ3v) is 4.72. The van der Waals surface area contributed by atoms with Crippen LogP contribution in [0, 0.1) is 23.2 Å². The molecule has 1 heteroatoms. The summed E-state index contributed by atoms with van der Waals surface area (Å²) in [6.45, 7) is 7.32. The van der Waals surface area contributed by atoms with Crippen LogP contribution < -0.4 is 5.32 Å². The normalized spacial score (nSPS) is 50.0. The summed E-state index contributed by atoms with van der Waals surface area (Å²) in [5.74, 6) is 2.86. The highest BCUT2D eigenvalue weighted by atomic mass is 14.9. The Morgan fingerprint density at radius 2 is 1.92 bits per heavy atom. The summed E-state index contributed by atoms with van der Waals surface area (Å²) in [5.41, 5.74) is 0.646. The molecule has 1 unspecified atom stereocenters. The van der Waals surface area contributed by atoms with Crippen molar-refractivity contribution in [2.24, 2.45) is 23.2 Å². The van der Waals surface area contributed by atoms with E-state index in [9.17, 15) is 0 Å². The summed E-state index contributed by atoms with van der Waals surface area (Å²) >= 11 is 0. The lowest BCUT2D eigenvalue weighted by atomic mass is 9.45. The number of fused-ring (bicyclic) bond motifs is 2. The zero-order valence-electron chi connectivity index (χ0n) is 8.72. The standard InChI is InChI=1S/C11H21N/c1-7-9-5-8(11(9,2)3)6-10(7)12-4/h7-10,12H,5-6H2,1-4H3/t7-,8-,9-,10?/m0/s1. The molecule has 1 nitrogen and oxygen atoms in total. The van der Waals surface area contributed by atoms with E-state index in [1.54, 1.807) is 0 Å². The van der Waals surface area contributed by atoms with Gasteiger partial charge in [0.2, 0.25) is 0 Å². The average molecular weight is 167 g/mol. The van der Waals surface area contributed by atoms with Crippen molar-refractivity contribution in [2.75, 3.05) is 7.05 Å². The maximum absolute atomic E-state index is 3.45. The van der Waals surface area contributed by atoms with Crippen LogP contribution in [-0.2, 0) is 0 Å². The largest absolute Gasteiger partial charge is 0.317 e. The van der Waals surface area contributed by atoms with E-state index in [2.05, 4.69) is 33.1 Å². The van der Waals surface area contributed by atoms with Gasteiger partial charge in [0.05, 0.1) is 0 Å². The SMILES string of the molecule is CNC1C[C@@H]2C[C@@H]([C@@H]1C)C2(C)C. The van der Waals surface area contributed by atoms with Crippen LogP contribution in [0.1, 0.15) is 33.6 Å². The molecule has 2 bridgehead atoms. The van der Waals surface area contributed by atoms with E-state index in [1.807, 2.05) is 0 Å². The molecule has 0 radical (unpaired) electrons. The third kappa shape index (κ3) is 0.891. The summed E-state index contributed by atoms with van der Waals surface area (Å²) in [4.78, 5) is 0. The van der Waals surface area contributed by atoms with Gasteiger partial charge < -0.3 is 5.32 Å². The molecular formula is C11H21N. The van der Waals surface area contributed by atoms with Crippen LogP contribution in [0.25, 0.3) is 0 Å². The molecule has 0 amide bonds. The van der Waals surface area contributed by atoms with Crippen molar-refractivity contribution >= 4 is 0 Å². The van der Waals surface area contributed by atoms with Gasteiger partial charge in [-0.3, -0.25) is 0 Å². The summed E-state index contributed by atoms with van der Waals surface area (Å²) in [6, 6.07) is 0.793. The minimum Gasteiger partial charge on any atom is -0.317 e. The highest BCUT2D eigenvalue weighted by molar-refractivity contribution is 5.06. The Morgan fingerprint density at radius 3 is 2.33 bits per heavy atom. The highest BCUT2D eigenvalue weighted by Gasteiger charge is 2.55. The molecule has 3 rings (SSSR count). The molecule has 3 fully saturated rings. The number of nitrogens with one attached hydrogen (secondary N) is 1. The fourth-order valence-electron chi connectivity index (χ4n) is 3.53. The molecule has 70 valence electrons. The molecule has 0 aliphatic heterocycles. The van der Waals surface area contributed by atoms with Gasteiger partial charge in [-0.1, -0.05) is 20.8 Å². The first kappa shape index (κ1) is 8.55. The molecule has 1 N–H and O–H groups in total. The third-order valence-electron chi connectivity index (χ3n) is 4.72. The fourth-order valence-corrected chi connectivity index (χ4v) is 3.53. The molecule has 0 aromatic carbocycles. The van der Waals surface area contributed by atoms with E-state index in [-0.39, 0.29) is 0 Å². The lowest BCUT2D eigenvalue weighted by Crippen LogP contribution is -2.59. The van der Waals surface area contributed by atoms with E-state index in [4.69, 9.17) is 0 Å². The van der Waals surface area contributed by atoms with E-state index in [0.29, 0.717) is 5.41 Å². The van der Waals surface area contributed by atoms with Crippen molar-refractivity contribution in [1.82, 2.24) is 5.32 Å². The van der Waals surface area contributed by atoms with Gasteiger partial charge in [0.15, 0.2) is 0 Å². The molecular weight excluding hydrogens is 146 g/mol. The van der Waals surface area contributed by atoms with Crippen LogP contribution >= 0.6 is 0 Å². The van der Waals surface area contributed by atoms with Crippen molar-refractivity contribution in [3.8, 4) is 0 Å². The summed E-state index contributed by atoms with van der Waals surface area (Å²) in [7, 11) is 2.11. The summed E-state index contributed by atoms with van der Waals surface area (Å²) in [5, 5.41) is 3.45. The van der Waals surface area contributed by atoms with Crippen LogP contribution in [0.3, 0.4) is 0 Å². The maximum atomic E-state index is 3.45. The maximum Gasteiger partial charge on any atom is 0.00953 e. The lowest BCUT2D eigenvalue weighted by Gasteiger charge is -2.62. The van der Waals surface area contributed by atoms with Crippen molar-refractivity contribution in [1.29, 1.82) is 0 Å². The van der Waals surface area contributed by atoms with Gasteiger partial charge >= 0.3 is 0 Å². The van der Waals surface area contributed by atoms with Crippen molar-refractivity contribution < 1.29 is 0 Å². The molecule has 3 saturated carbocycles. The van der Waals surface area contributed by atoms with Gasteiger partial charge in [0.25, 0.3) is 0 Å². The Kier molecular flexibility index (Phi) is 1.76. The quantitative estimate of drug-likeness (QED) is 0.632. The second kappa shape index (κ2) is 2.47. The van der Waals surface area contributed by atoms with Gasteiger partial charge in [-0.25, -0.2) is 0 Å². The van der Waals surface area contributed by atoms with Gasteiger partial charge in [0, 0.05) is 6.04 Å². The second-order valence-corrected chi connectivity index (χ2v) is 5.35. The predicted octanol–water partition coefficient (Wildman–Crippen LogP) is 2.28. The number of hydrogen-bond acceptors (Lipinski definition) is 1. The zero-order valence-corrected chi connectivity index (χ0v) is 8.72. The number of hydrogen-bond donors (Lipinski definition) is 1. The molecule has 4 atom stereocenters. The van der Waals surface area contributed by atoms with Crippen LogP contribution in [0.4, 0.5) is 0 Å². The summed E-state index contributed by atoms with van der Waals surface area (Å²) in [6.07, 6.45) is 2.90. The average Bonchev–Trinajstić information content (AvgIpc) is 2.03. The van der Waals surface area contributed by atoms with Gasteiger partial charge in [-0.05, 0) is 43.1 Å². The molecule has 0 saturated heterocycles. The van der Waals surface area contributed by atoms with Gasteiger partial charge in [0.1, 0.15) is 0 Å². The smallest absolute Gasteiger partial charge is 0.00953 e. The minimum absolute atomic E-state index is 0.646. The van der Waals surface area contributed by atoms with Crippen molar-refractivity contribution in [2.45, 2.75) is 39.7 Å². The zero-order chi connectivity index (χ0) is 8.93. The Morgan fingerprint density at radius 1 is 1.25 bits per heavy atom. The topological polar surface area (TPSA) is 12.0 Å². The van der Waals surface area contributed by atoms with Crippen LogP contribution in [-0.4, -0.2) is 13.1 Å². The van der Waals surface area contributed by atoms with Crippen LogP contribution in [0.15, 0.2) is 0 Å². The fraction of sp³-hybridized carbons (Fsp3) is 1.00. The Labute approximate surface area is 75.9 Å². The Hall–Kier alpha value is -0.0400. The molecule has 3 aliphatic rings. The molecule has 0 spiro atoms. The van der Waals surface area contributed by atoms with Crippen molar-refractivity contribution in [3.63, 3.8) is 0 Å². The van der Waals surface area contributed by atoms with Crippen molar-refractivity contribution in [3.05, 3.63) is 0 Å². The van der Waals surface area contributed by atoms with E-state index in [1.165, 1.54) is 12.8 Å². The summed E-state index contributed by atoms with van der Waals surface area (Å²) < 4.78 is 0. The van der Waals surface area contributed by atoms with E-state index in [0.717, 1.165) is 23.8 Å². The van der Waals surface area contributed by atoms with E-state index < -0.39 is 0 Å². The molecule has 0 aromatic rings. The Bertz CT molecular complexity index is 185. The van der Waals surface area contributed by atoms with E-state index >= 15 is 0 Å². The lowest BCUT2D eigenvalue weighted by molar-refractivity contribution is -0.113. The molecule has 12 heavy (non-hydrogen) atoms. The highest BCUT2D eigenvalue weighted by Crippen LogP contribution is 2.61. The molecule has 0 aromatic heterocycles. The van der Waals surface area contributed by atoms with Crippen LogP contribution in [0.5, 0.6) is 0 Å². The van der Waals surface area contributed by atoms with Gasteiger partial charge in [-0.15, -0.1) is 0 Å². The first-order valence-corrected chi connectivity index (χ1v) is 5.24. The molecule has 3 aliphatic carbocycles. The Balaban J connectivity index is 2.11. The second-order valence-electron chi connectivity index (χ2n) is 5.35. The predicted molar refractivity (Wildman–Crippen MR) is 52.0 cm³/mol. The monoisotopic (exact) mass is 167 g/mol. The molecule has 0 heterocycles.